The van der Waals surface area contributed by atoms with Crippen molar-refractivity contribution in [3.8, 4) is 5.75 Å². The van der Waals surface area contributed by atoms with E-state index in [2.05, 4.69) is 45.7 Å². The lowest BCUT2D eigenvalue weighted by Gasteiger charge is -2.13. The van der Waals surface area contributed by atoms with Crippen LogP contribution in [0.2, 0.25) is 0 Å². The minimum Gasteiger partial charge on any atom is -0.492 e. The summed E-state index contributed by atoms with van der Waals surface area (Å²) in [6.45, 7) is 4.73. The van der Waals surface area contributed by atoms with Crippen molar-refractivity contribution in [2.45, 2.75) is 20.3 Å². The molecule has 2 rings (SSSR count). The lowest BCUT2D eigenvalue weighted by Crippen LogP contribution is -2.34. The molecule has 0 saturated carbocycles. The molecule has 0 aliphatic rings. The third kappa shape index (κ3) is 7.47. The SMILES string of the molecule is CNC(=O)Cc1ccc(NC(=S)NC(=O)c2ccc(OCC(C)C)c(Br)c2)cc1. The molecule has 6 nitrogen and oxygen atoms in total. The fourth-order valence-electron chi connectivity index (χ4n) is 2.33. The summed E-state index contributed by atoms with van der Waals surface area (Å²) in [7, 11) is 1.60. The van der Waals surface area contributed by atoms with Crippen LogP contribution in [-0.4, -0.2) is 30.6 Å². The van der Waals surface area contributed by atoms with Gasteiger partial charge in [0.25, 0.3) is 5.91 Å². The van der Waals surface area contributed by atoms with Crippen LogP contribution in [0.4, 0.5) is 5.69 Å². The van der Waals surface area contributed by atoms with Gasteiger partial charge in [0.15, 0.2) is 5.11 Å². The van der Waals surface area contributed by atoms with E-state index in [1.807, 2.05) is 12.1 Å². The fraction of sp³-hybridized carbons (Fsp3) is 0.286. The molecule has 8 heteroatoms. The topological polar surface area (TPSA) is 79.5 Å². The number of rotatable bonds is 7. The Morgan fingerprint density at radius 2 is 1.83 bits per heavy atom. The van der Waals surface area contributed by atoms with E-state index in [9.17, 15) is 9.59 Å². The zero-order valence-corrected chi connectivity index (χ0v) is 18.9. The molecule has 29 heavy (non-hydrogen) atoms. The number of halogens is 1. The van der Waals surface area contributed by atoms with Gasteiger partial charge in [-0.2, -0.15) is 0 Å². The Morgan fingerprint density at radius 1 is 1.14 bits per heavy atom. The molecule has 3 N–H and O–H groups in total. The molecule has 0 spiro atoms. The van der Waals surface area contributed by atoms with Crippen molar-refractivity contribution in [1.82, 2.24) is 10.6 Å². The molecule has 0 bridgehead atoms. The summed E-state index contributed by atoms with van der Waals surface area (Å²) in [5.41, 5.74) is 2.06. The molecule has 0 heterocycles. The quantitative estimate of drug-likeness (QED) is 0.527. The number of carbonyl (C=O) groups is 2. The van der Waals surface area contributed by atoms with Crippen LogP contribution in [0.25, 0.3) is 0 Å². The molecule has 154 valence electrons. The maximum absolute atomic E-state index is 12.4. The highest BCUT2D eigenvalue weighted by Crippen LogP contribution is 2.26. The number of carbonyl (C=O) groups excluding carboxylic acids is 2. The Kier molecular flexibility index (Phi) is 8.60. The minimum absolute atomic E-state index is 0.0553. The van der Waals surface area contributed by atoms with Crippen molar-refractivity contribution < 1.29 is 14.3 Å². The van der Waals surface area contributed by atoms with Crippen LogP contribution in [0.15, 0.2) is 46.9 Å². The second-order valence-corrected chi connectivity index (χ2v) is 8.07. The monoisotopic (exact) mass is 477 g/mol. The maximum atomic E-state index is 12.4. The lowest BCUT2D eigenvalue weighted by atomic mass is 10.1. The van der Waals surface area contributed by atoms with Crippen molar-refractivity contribution >= 4 is 50.8 Å². The summed E-state index contributed by atoms with van der Waals surface area (Å²) >= 11 is 8.65. The first-order chi connectivity index (χ1) is 13.8. The van der Waals surface area contributed by atoms with Gasteiger partial charge in [0.1, 0.15) is 5.75 Å². The van der Waals surface area contributed by atoms with E-state index in [4.69, 9.17) is 17.0 Å². The minimum atomic E-state index is -0.324. The first-order valence-electron chi connectivity index (χ1n) is 9.12. The van der Waals surface area contributed by atoms with Gasteiger partial charge in [0, 0.05) is 18.3 Å². The molecular formula is C21H24BrN3O3S. The molecule has 2 amide bonds. The Morgan fingerprint density at radius 3 is 2.41 bits per heavy atom. The molecule has 0 aliphatic heterocycles. The van der Waals surface area contributed by atoms with Crippen LogP contribution >= 0.6 is 28.1 Å². The van der Waals surface area contributed by atoms with Crippen molar-refractivity contribution in [2.24, 2.45) is 5.92 Å². The molecule has 0 aromatic heterocycles. The van der Waals surface area contributed by atoms with Crippen molar-refractivity contribution in [3.05, 3.63) is 58.1 Å². The molecule has 0 saturated heterocycles. The molecular weight excluding hydrogens is 454 g/mol. The second kappa shape index (κ2) is 10.9. The summed E-state index contributed by atoms with van der Waals surface area (Å²) in [5, 5.41) is 8.38. The number of benzene rings is 2. The number of hydrogen-bond acceptors (Lipinski definition) is 4. The first kappa shape index (κ1) is 22.8. The zero-order chi connectivity index (χ0) is 21.4. The number of thiocarbonyl (C=S) groups is 1. The summed E-state index contributed by atoms with van der Waals surface area (Å²) in [5.74, 6) is 0.717. The molecule has 0 unspecified atom stereocenters. The van der Waals surface area contributed by atoms with Gasteiger partial charge in [-0.3, -0.25) is 14.9 Å². The number of anilines is 1. The highest BCUT2D eigenvalue weighted by Gasteiger charge is 2.11. The van der Waals surface area contributed by atoms with E-state index < -0.39 is 0 Å². The van der Waals surface area contributed by atoms with Crippen molar-refractivity contribution in [1.29, 1.82) is 0 Å². The van der Waals surface area contributed by atoms with Gasteiger partial charge in [-0.15, -0.1) is 0 Å². The van der Waals surface area contributed by atoms with Crippen LogP contribution in [0, 0.1) is 5.92 Å². The lowest BCUT2D eigenvalue weighted by molar-refractivity contribution is -0.119. The van der Waals surface area contributed by atoms with Gasteiger partial charge in [0.05, 0.1) is 17.5 Å². The number of amides is 2. The fourth-order valence-corrected chi connectivity index (χ4v) is 3.04. The van der Waals surface area contributed by atoms with Crippen LogP contribution in [-0.2, 0) is 11.2 Å². The van der Waals surface area contributed by atoms with Gasteiger partial charge >= 0.3 is 0 Å². The molecule has 2 aromatic rings. The van der Waals surface area contributed by atoms with E-state index in [-0.39, 0.29) is 16.9 Å². The molecule has 2 aromatic carbocycles. The standard InChI is InChI=1S/C21H24BrN3O3S/c1-13(2)12-28-18-9-6-15(11-17(18)22)20(27)25-21(29)24-16-7-4-14(5-8-16)10-19(26)23-3/h4-9,11,13H,10,12H2,1-3H3,(H,23,26)(H2,24,25,27,29). The van der Waals surface area contributed by atoms with Crippen LogP contribution in [0.1, 0.15) is 29.8 Å². The molecule has 0 fully saturated rings. The number of nitrogens with one attached hydrogen (secondary N) is 3. The summed E-state index contributed by atoms with van der Waals surface area (Å²) in [6, 6.07) is 12.4. The van der Waals surface area contributed by atoms with Crippen molar-refractivity contribution in [3.63, 3.8) is 0 Å². The van der Waals surface area contributed by atoms with Crippen LogP contribution in [0.3, 0.4) is 0 Å². The Balaban J connectivity index is 1.92. The number of hydrogen-bond donors (Lipinski definition) is 3. The average molecular weight is 478 g/mol. The number of likely N-dealkylation sites (N-methyl/N-ethyl adjacent to an activating group) is 1. The molecule has 0 radical (unpaired) electrons. The van der Waals surface area contributed by atoms with E-state index in [0.717, 1.165) is 11.3 Å². The Hall–Kier alpha value is -2.45. The predicted molar refractivity (Wildman–Crippen MR) is 122 cm³/mol. The number of ether oxygens (including phenoxy) is 1. The van der Waals surface area contributed by atoms with E-state index in [1.165, 1.54) is 0 Å². The third-order valence-corrected chi connectivity index (χ3v) is 4.67. The zero-order valence-electron chi connectivity index (χ0n) is 16.5. The van der Waals surface area contributed by atoms with Crippen molar-refractivity contribution in [2.75, 3.05) is 19.0 Å². The smallest absolute Gasteiger partial charge is 0.257 e. The van der Waals surface area contributed by atoms with E-state index >= 15 is 0 Å². The summed E-state index contributed by atoms with van der Waals surface area (Å²) in [4.78, 5) is 23.8. The van der Waals surface area contributed by atoms with Gasteiger partial charge in [0.2, 0.25) is 5.91 Å². The summed E-state index contributed by atoms with van der Waals surface area (Å²) < 4.78 is 6.40. The average Bonchev–Trinajstić information content (AvgIpc) is 2.68. The van der Waals surface area contributed by atoms with Gasteiger partial charge < -0.3 is 15.4 Å². The van der Waals surface area contributed by atoms with Gasteiger partial charge in [-0.25, -0.2) is 0 Å². The first-order valence-corrected chi connectivity index (χ1v) is 10.3. The normalized spacial score (nSPS) is 10.4. The Labute approximate surface area is 184 Å². The molecule has 0 aliphatic carbocycles. The van der Waals surface area contributed by atoms with Crippen LogP contribution in [0.5, 0.6) is 5.75 Å². The van der Waals surface area contributed by atoms with Gasteiger partial charge in [-0.1, -0.05) is 26.0 Å². The Bertz CT molecular complexity index is 885. The van der Waals surface area contributed by atoms with E-state index in [0.29, 0.717) is 34.7 Å². The maximum Gasteiger partial charge on any atom is 0.257 e. The highest BCUT2D eigenvalue weighted by atomic mass is 79.9. The predicted octanol–water partition coefficient (Wildman–Crippen LogP) is 3.90. The van der Waals surface area contributed by atoms with E-state index in [1.54, 1.807) is 37.4 Å². The summed E-state index contributed by atoms with van der Waals surface area (Å²) in [6.07, 6.45) is 0.309. The third-order valence-electron chi connectivity index (χ3n) is 3.85. The van der Waals surface area contributed by atoms with Gasteiger partial charge in [-0.05, 0) is 70.0 Å². The van der Waals surface area contributed by atoms with Crippen LogP contribution < -0.4 is 20.7 Å². The largest absolute Gasteiger partial charge is 0.492 e. The molecule has 0 atom stereocenters. The highest BCUT2D eigenvalue weighted by molar-refractivity contribution is 9.10. The second-order valence-electron chi connectivity index (χ2n) is 6.81.